The second kappa shape index (κ2) is 5.16. The van der Waals surface area contributed by atoms with Gasteiger partial charge in [-0.3, -0.25) is 4.90 Å². The van der Waals surface area contributed by atoms with Crippen LogP contribution < -0.4 is 0 Å². The average molecular weight is 347 g/mol. The number of hydrogen-bond donors (Lipinski definition) is 0. The molecule has 0 aromatic heterocycles. The highest BCUT2D eigenvalue weighted by Gasteiger charge is 2.37. The topological polar surface area (TPSA) is 40.6 Å². The number of nitrogens with zero attached hydrogens (tertiary/aromatic N) is 2. The normalized spacial score (nSPS) is 21.5. The van der Waals surface area contributed by atoms with Crippen molar-refractivity contribution < 1.29 is 8.42 Å². The molecule has 1 aromatic carbocycles. The van der Waals surface area contributed by atoms with E-state index in [-0.39, 0.29) is 5.54 Å². The van der Waals surface area contributed by atoms with Gasteiger partial charge in [0.2, 0.25) is 10.0 Å². The predicted molar refractivity (Wildman–Crippen MR) is 79.6 cm³/mol. The van der Waals surface area contributed by atoms with Gasteiger partial charge in [-0.25, -0.2) is 8.42 Å². The summed E-state index contributed by atoms with van der Waals surface area (Å²) < 4.78 is 27.6. The van der Waals surface area contributed by atoms with E-state index in [0.29, 0.717) is 18.0 Å². The zero-order valence-corrected chi connectivity index (χ0v) is 13.8. The molecule has 6 heteroatoms. The molecule has 1 fully saturated rings. The van der Waals surface area contributed by atoms with Gasteiger partial charge >= 0.3 is 0 Å². The molecule has 19 heavy (non-hydrogen) atoms. The van der Waals surface area contributed by atoms with Gasteiger partial charge in [-0.1, -0.05) is 15.9 Å². The number of piperazine rings is 1. The van der Waals surface area contributed by atoms with Crippen LogP contribution >= 0.6 is 15.9 Å². The number of sulfonamides is 1. The van der Waals surface area contributed by atoms with E-state index in [1.54, 1.807) is 28.6 Å². The molecular weight excluding hydrogens is 328 g/mol. The van der Waals surface area contributed by atoms with Gasteiger partial charge in [-0.2, -0.15) is 4.31 Å². The molecule has 106 valence electrons. The quantitative estimate of drug-likeness (QED) is 0.823. The van der Waals surface area contributed by atoms with Gasteiger partial charge in [-0.05, 0) is 45.2 Å². The van der Waals surface area contributed by atoms with Crippen LogP contribution in [0.4, 0.5) is 0 Å². The van der Waals surface area contributed by atoms with Crippen molar-refractivity contribution in [3.63, 3.8) is 0 Å². The van der Waals surface area contributed by atoms with Crippen molar-refractivity contribution in [2.45, 2.75) is 24.3 Å². The Morgan fingerprint density at radius 1 is 1.16 bits per heavy atom. The van der Waals surface area contributed by atoms with E-state index in [1.165, 1.54) is 0 Å². The number of hydrogen-bond acceptors (Lipinski definition) is 3. The molecule has 1 heterocycles. The van der Waals surface area contributed by atoms with Crippen molar-refractivity contribution in [3.8, 4) is 0 Å². The van der Waals surface area contributed by atoms with Crippen molar-refractivity contribution in [1.82, 2.24) is 9.21 Å². The monoisotopic (exact) mass is 346 g/mol. The zero-order valence-electron chi connectivity index (χ0n) is 11.4. The SMILES string of the molecule is CN1CCN(S(=O)(=O)c2ccc(Br)cc2)CC1(C)C. The van der Waals surface area contributed by atoms with E-state index in [0.717, 1.165) is 11.0 Å². The zero-order chi connectivity index (χ0) is 14.3. The van der Waals surface area contributed by atoms with Gasteiger partial charge in [0.15, 0.2) is 0 Å². The molecule has 0 saturated carbocycles. The highest BCUT2D eigenvalue weighted by atomic mass is 79.9. The number of likely N-dealkylation sites (N-methyl/N-ethyl adjacent to an activating group) is 1. The first-order valence-electron chi connectivity index (χ1n) is 6.20. The fourth-order valence-corrected chi connectivity index (χ4v) is 4.01. The maximum absolute atomic E-state index is 12.6. The standard InChI is InChI=1S/C13H19BrN2O2S/c1-13(2)10-16(9-8-15(13)3)19(17,18)12-6-4-11(14)5-7-12/h4-7H,8-10H2,1-3H3. The minimum Gasteiger partial charge on any atom is -0.299 e. The molecule has 0 bridgehead atoms. The van der Waals surface area contributed by atoms with Crippen LogP contribution in [0.15, 0.2) is 33.6 Å². The maximum Gasteiger partial charge on any atom is 0.243 e. The summed E-state index contributed by atoms with van der Waals surface area (Å²) in [6.45, 7) is 5.94. The van der Waals surface area contributed by atoms with Crippen LogP contribution in [0.25, 0.3) is 0 Å². The smallest absolute Gasteiger partial charge is 0.243 e. The van der Waals surface area contributed by atoms with Crippen LogP contribution in [0.3, 0.4) is 0 Å². The first-order valence-corrected chi connectivity index (χ1v) is 8.44. The molecule has 0 aliphatic carbocycles. The third-order valence-electron chi connectivity index (χ3n) is 3.73. The lowest BCUT2D eigenvalue weighted by Gasteiger charge is -2.44. The second-order valence-electron chi connectivity index (χ2n) is 5.53. The molecule has 0 unspecified atom stereocenters. The van der Waals surface area contributed by atoms with Gasteiger partial charge < -0.3 is 0 Å². The van der Waals surface area contributed by atoms with E-state index in [2.05, 4.69) is 34.7 Å². The van der Waals surface area contributed by atoms with Crippen molar-refractivity contribution in [1.29, 1.82) is 0 Å². The van der Waals surface area contributed by atoms with Crippen LogP contribution in [0.5, 0.6) is 0 Å². The molecule has 0 N–H and O–H groups in total. The van der Waals surface area contributed by atoms with Crippen molar-refractivity contribution in [2.75, 3.05) is 26.7 Å². The lowest BCUT2D eigenvalue weighted by molar-refractivity contribution is 0.0801. The Bertz CT molecular complexity index is 555. The van der Waals surface area contributed by atoms with Gasteiger partial charge in [-0.15, -0.1) is 0 Å². The molecule has 0 amide bonds. The minimum atomic E-state index is -3.39. The summed E-state index contributed by atoms with van der Waals surface area (Å²) in [5.41, 5.74) is -0.138. The third kappa shape index (κ3) is 3.02. The van der Waals surface area contributed by atoms with E-state index in [1.807, 2.05) is 7.05 Å². The fraction of sp³-hybridized carbons (Fsp3) is 0.538. The Hall–Kier alpha value is -0.430. The Balaban J connectivity index is 2.28. The fourth-order valence-electron chi connectivity index (χ4n) is 2.16. The molecule has 0 spiro atoms. The van der Waals surface area contributed by atoms with Crippen molar-refractivity contribution in [3.05, 3.63) is 28.7 Å². The van der Waals surface area contributed by atoms with Gasteiger partial charge in [0.1, 0.15) is 0 Å². The first-order chi connectivity index (χ1) is 8.73. The van der Waals surface area contributed by atoms with Gasteiger partial charge in [0.25, 0.3) is 0 Å². The van der Waals surface area contributed by atoms with Crippen LogP contribution in [0, 0.1) is 0 Å². The largest absolute Gasteiger partial charge is 0.299 e. The average Bonchev–Trinajstić information content (AvgIpc) is 2.33. The number of halogens is 1. The summed E-state index contributed by atoms with van der Waals surface area (Å²) in [7, 11) is -1.36. The van der Waals surface area contributed by atoms with Crippen LogP contribution in [0.1, 0.15) is 13.8 Å². The van der Waals surface area contributed by atoms with Crippen LogP contribution in [-0.2, 0) is 10.0 Å². The van der Waals surface area contributed by atoms with Gasteiger partial charge in [0, 0.05) is 29.6 Å². The lowest BCUT2D eigenvalue weighted by Crippen LogP contribution is -2.58. The summed E-state index contributed by atoms with van der Waals surface area (Å²) >= 11 is 3.32. The Kier molecular flexibility index (Phi) is 4.07. The molecule has 1 aliphatic heterocycles. The Morgan fingerprint density at radius 2 is 1.74 bits per heavy atom. The number of rotatable bonds is 2. The summed E-state index contributed by atoms with van der Waals surface area (Å²) in [6, 6.07) is 6.80. The number of benzene rings is 1. The Morgan fingerprint density at radius 3 is 2.26 bits per heavy atom. The second-order valence-corrected chi connectivity index (χ2v) is 8.38. The van der Waals surface area contributed by atoms with Crippen molar-refractivity contribution >= 4 is 26.0 Å². The van der Waals surface area contributed by atoms with E-state index in [4.69, 9.17) is 0 Å². The molecule has 0 atom stereocenters. The van der Waals surface area contributed by atoms with E-state index >= 15 is 0 Å². The van der Waals surface area contributed by atoms with Crippen LogP contribution in [-0.4, -0.2) is 49.8 Å². The summed E-state index contributed by atoms with van der Waals surface area (Å²) in [5, 5.41) is 0. The molecule has 4 nitrogen and oxygen atoms in total. The van der Waals surface area contributed by atoms with Gasteiger partial charge in [0.05, 0.1) is 4.90 Å². The molecular formula is C13H19BrN2O2S. The minimum absolute atomic E-state index is 0.138. The highest BCUT2D eigenvalue weighted by Crippen LogP contribution is 2.25. The molecule has 2 rings (SSSR count). The lowest BCUT2D eigenvalue weighted by atomic mass is 10.0. The third-order valence-corrected chi connectivity index (χ3v) is 6.12. The predicted octanol–water partition coefficient (Wildman–Crippen LogP) is 2.16. The Labute approximate surface area is 123 Å². The van der Waals surface area contributed by atoms with Crippen LogP contribution in [0.2, 0.25) is 0 Å². The first kappa shape index (κ1) is 15.0. The summed E-state index contributed by atoms with van der Waals surface area (Å²) in [5.74, 6) is 0. The molecule has 0 radical (unpaired) electrons. The summed E-state index contributed by atoms with van der Waals surface area (Å²) in [6.07, 6.45) is 0. The molecule has 1 aliphatic rings. The molecule has 1 aromatic rings. The maximum atomic E-state index is 12.6. The van der Waals surface area contributed by atoms with Crippen molar-refractivity contribution in [2.24, 2.45) is 0 Å². The molecule has 1 saturated heterocycles. The van der Waals surface area contributed by atoms with E-state index in [9.17, 15) is 8.42 Å². The van der Waals surface area contributed by atoms with E-state index < -0.39 is 10.0 Å². The highest BCUT2D eigenvalue weighted by molar-refractivity contribution is 9.10. The summed E-state index contributed by atoms with van der Waals surface area (Å²) in [4.78, 5) is 2.55.